The number of benzene rings is 2. The molecule has 0 bridgehead atoms. The molecular weight excluding hydrogens is 633 g/mol. The Balaban J connectivity index is 1.35. The number of ether oxygens (including phenoxy) is 3. The first kappa shape index (κ1) is 31.3. The van der Waals surface area contributed by atoms with Crippen molar-refractivity contribution in [3.63, 3.8) is 0 Å². The van der Waals surface area contributed by atoms with Crippen molar-refractivity contribution < 1.29 is 36.2 Å². The SMILES string of the molecule is Cc1cc2c(cnn2C2CCCCO2)c(-c2c(Cl)cc3c(OCC(F)(F)F)nc(OC[C@@]45CCCN4C[C@H](F)C5)nc3c2F)c1C. The molecule has 3 saturated heterocycles. The number of alkyl halides is 4. The molecule has 3 aliphatic rings. The Kier molecular flexibility index (Phi) is 8.00. The topological polar surface area (TPSA) is 74.5 Å². The maximum Gasteiger partial charge on any atom is 0.422 e. The van der Waals surface area contributed by atoms with E-state index >= 15 is 4.39 Å². The van der Waals surface area contributed by atoms with Crippen molar-refractivity contribution in [1.29, 1.82) is 0 Å². The van der Waals surface area contributed by atoms with Crippen molar-refractivity contribution in [1.82, 2.24) is 24.6 Å². The van der Waals surface area contributed by atoms with Crippen LogP contribution in [0.25, 0.3) is 32.9 Å². The smallest absolute Gasteiger partial charge is 0.422 e. The number of halogens is 6. The minimum atomic E-state index is -4.68. The van der Waals surface area contributed by atoms with Crippen LogP contribution in [-0.4, -0.2) is 75.4 Å². The maximum atomic E-state index is 16.8. The van der Waals surface area contributed by atoms with E-state index in [1.54, 1.807) is 10.9 Å². The zero-order valence-corrected chi connectivity index (χ0v) is 26.1. The lowest BCUT2D eigenvalue weighted by atomic mass is 9.92. The monoisotopic (exact) mass is 665 g/mol. The molecule has 0 aliphatic carbocycles. The summed E-state index contributed by atoms with van der Waals surface area (Å²) in [6.07, 6.45) is 0.237. The number of fused-ring (bicyclic) bond motifs is 3. The molecule has 0 radical (unpaired) electrons. The van der Waals surface area contributed by atoms with Gasteiger partial charge in [-0.2, -0.15) is 28.2 Å². The van der Waals surface area contributed by atoms with Crippen molar-refractivity contribution in [3.05, 3.63) is 40.3 Å². The zero-order valence-electron chi connectivity index (χ0n) is 25.4. The van der Waals surface area contributed by atoms with Gasteiger partial charge in [-0.1, -0.05) is 11.6 Å². The van der Waals surface area contributed by atoms with Crippen LogP contribution in [0.3, 0.4) is 0 Å². The average molecular weight is 666 g/mol. The summed E-state index contributed by atoms with van der Waals surface area (Å²) in [4.78, 5) is 10.4. The first-order valence-corrected chi connectivity index (χ1v) is 15.8. The van der Waals surface area contributed by atoms with Gasteiger partial charge in [0.1, 0.15) is 18.3 Å². The van der Waals surface area contributed by atoms with Crippen molar-refractivity contribution in [3.8, 4) is 23.0 Å². The third kappa shape index (κ3) is 5.53. The molecule has 3 aliphatic heterocycles. The van der Waals surface area contributed by atoms with Crippen molar-refractivity contribution in [2.75, 3.05) is 32.9 Å². The maximum absolute atomic E-state index is 16.8. The molecule has 3 atom stereocenters. The lowest BCUT2D eigenvalue weighted by molar-refractivity contribution is -0.153. The average Bonchev–Trinajstić information content (AvgIpc) is 3.69. The molecule has 14 heteroatoms. The van der Waals surface area contributed by atoms with Gasteiger partial charge in [0.05, 0.1) is 27.7 Å². The van der Waals surface area contributed by atoms with E-state index in [2.05, 4.69) is 15.1 Å². The lowest BCUT2D eigenvalue weighted by Crippen LogP contribution is -2.43. The molecular formula is C32H33ClF5N5O3. The Bertz CT molecular complexity index is 1810. The molecule has 5 heterocycles. The minimum Gasteiger partial charge on any atom is -0.467 e. The number of aryl methyl sites for hydroxylation is 1. The number of hydrogen-bond donors (Lipinski definition) is 0. The molecule has 0 saturated carbocycles. The van der Waals surface area contributed by atoms with Gasteiger partial charge in [-0.25, -0.2) is 13.5 Å². The van der Waals surface area contributed by atoms with E-state index < -0.39 is 36.2 Å². The molecule has 246 valence electrons. The van der Waals surface area contributed by atoms with Gasteiger partial charge >= 0.3 is 12.2 Å². The van der Waals surface area contributed by atoms with Crippen LogP contribution in [0.1, 0.15) is 55.9 Å². The molecule has 46 heavy (non-hydrogen) atoms. The van der Waals surface area contributed by atoms with E-state index in [-0.39, 0.29) is 53.3 Å². The Morgan fingerprint density at radius 2 is 1.91 bits per heavy atom. The van der Waals surface area contributed by atoms with Gasteiger partial charge in [0, 0.05) is 36.1 Å². The highest BCUT2D eigenvalue weighted by molar-refractivity contribution is 6.35. The quantitative estimate of drug-likeness (QED) is 0.188. The molecule has 0 amide bonds. The molecule has 0 spiro atoms. The summed E-state index contributed by atoms with van der Waals surface area (Å²) in [5.41, 5.74) is 1.96. The standard InChI is InChI=1S/C32H33ClF5N5O3/c1-17-10-23-21(13-39-43(23)24-6-3-4-9-44-24)25(18(17)2)26-22(33)11-20-28(27(26)35)40-30(41-29(20)45-16-32(36,37)38)46-15-31-7-5-8-42(31)14-19(34)12-31/h10-11,13,19,24H,3-9,12,14-16H2,1-2H3/t19-,24?,31+/m1/s1. The molecule has 0 N–H and O–H groups in total. The van der Waals surface area contributed by atoms with E-state index in [4.69, 9.17) is 25.8 Å². The molecule has 3 fully saturated rings. The summed E-state index contributed by atoms with van der Waals surface area (Å²) >= 11 is 6.75. The Morgan fingerprint density at radius 1 is 1.09 bits per heavy atom. The second-order valence-corrected chi connectivity index (χ2v) is 13.0. The predicted octanol–water partition coefficient (Wildman–Crippen LogP) is 7.65. The van der Waals surface area contributed by atoms with Crippen LogP contribution < -0.4 is 9.47 Å². The molecule has 7 rings (SSSR count). The number of nitrogens with zero attached hydrogens (tertiary/aromatic N) is 5. The molecule has 2 aromatic heterocycles. The number of rotatable bonds is 7. The van der Waals surface area contributed by atoms with Gasteiger partial charge < -0.3 is 14.2 Å². The van der Waals surface area contributed by atoms with Gasteiger partial charge in [-0.3, -0.25) is 4.90 Å². The number of hydrogen-bond acceptors (Lipinski definition) is 7. The second kappa shape index (κ2) is 11.7. The lowest BCUT2D eigenvalue weighted by Gasteiger charge is -2.30. The van der Waals surface area contributed by atoms with Crippen LogP contribution in [0.2, 0.25) is 5.02 Å². The van der Waals surface area contributed by atoms with E-state index in [1.807, 2.05) is 24.8 Å². The summed E-state index contributed by atoms with van der Waals surface area (Å²) in [6, 6.07) is 2.92. The van der Waals surface area contributed by atoms with Crippen LogP contribution in [0.5, 0.6) is 11.9 Å². The van der Waals surface area contributed by atoms with Crippen molar-refractivity contribution in [2.24, 2.45) is 0 Å². The normalized spacial score (nSPS) is 23.8. The van der Waals surface area contributed by atoms with Gasteiger partial charge in [0.15, 0.2) is 18.7 Å². The second-order valence-electron chi connectivity index (χ2n) is 12.6. The summed E-state index contributed by atoms with van der Waals surface area (Å²) in [5, 5.41) is 5.04. The molecule has 8 nitrogen and oxygen atoms in total. The Morgan fingerprint density at radius 3 is 2.67 bits per heavy atom. The Hall–Kier alpha value is -3.29. The molecule has 2 aromatic carbocycles. The zero-order chi connectivity index (χ0) is 32.4. The summed E-state index contributed by atoms with van der Waals surface area (Å²) < 4.78 is 89.6. The van der Waals surface area contributed by atoms with E-state index in [9.17, 15) is 17.6 Å². The molecule has 1 unspecified atom stereocenters. The highest BCUT2D eigenvalue weighted by atomic mass is 35.5. The van der Waals surface area contributed by atoms with Crippen LogP contribution >= 0.6 is 11.6 Å². The summed E-state index contributed by atoms with van der Waals surface area (Å²) in [6.45, 7) is 3.69. The highest BCUT2D eigenvalue weighted by Crippen LogP contribution is 2.45. The fourth-order valence-electron chi connectivity index (χ4n) is 7.24. The van der Waals surface area contributed by atoms with Crippen LogP contribution in [0, 0.1) is 19.7 Å². The first-order chi connectivity index (χ1) is 21.9. The van der Waals surface area contributed by atoms with Gasteiger partial charge in [-0.05, 0) is 75.8 Å². The fourth-order valence-corrected chi connectivity index (χ4v) is 7.53. The summed E-state index contributed by atoms with van der Waals surface area (Å²) in [7, 11) is 0. The van der Waals surface area contributed by atoms with Crippen LogP contribution in [0.15, 0.2) is 18.3 Å². The first-order valence-electron chi connectivity index (χ1n) is 15.4. The largest absolute Gasteiger partial charge is 0.467 e. The highest BCUT2D eigenvalue weighted by Gasteiger charge is 2.49. The van der Waals surface area contributed by atoms with Gasteiger partial charge in [-0.15, -0.1) is 0 Å². The third-order valence-corrected chi connectivity index (χ3v) is 9.83. The third-order valence-electron chi connectivity index (χ3n) is 9.53. The van der Waals surface area contributed by atoms with E-state index in [0.717, 1.165) is 42.3 Å². The van der Waals surface area contributed by atoms with E-state index in [0.29, 0.717) is 30.5 Å². The van der Waals surface area contributed by atoms with Crippen LogP contribution in [-0.2, 0) is 4.74 Å². The summed E-state index contributed by atoms with van der Waals surface area (Å²) in [5.74, 6) is -1.39. The van der Waals surface area contributed by atoms with E-state index in [1.165, 1.54) is 6.07 Å². The number of aromatic nitrogens is 4. The minimum absolute atomic E-state index is 0.000262. The molecule has 4 aromatic rings. The fraction of sp³-hybridized carbons (Fsp3) is 0.531. The van der Waals surface area contributed by atoms with Crippen molar-refractivity contribution in [2.45, 2.75) is 76.5 Å². The predicted molar refractivity (Wildman–Crippen MR) is 162 cm³/mol. The van der Waals surface area contributed by atoms with Crippen molar-refractivity contribution >= 4 is 33.4 Å². The van der Waals surface area contributed by atoms with Gasteiger partial charge in [0.25, 0.3) is 0 Å². The van der Waals surface area contributed by atoms with Gasteiger partial charge in [0.2, 0.25) is 5.88 Å². The van der Waals surface area contributed by atoms with Crippen LogP contribution in [0.4, 0.5) is 22.0 Å². The Labute approximate surface area is 266 Å².